The first-order valence-corrected chi connectivity index (χ1v) is 15.0. The Labute approximate surface area is 262 Å². The molecular formula is C41H39NO2. The Balaban J connectivity index is 1.45. The molecule has 0 N–H and O–H groups in total. The largest absolute Gasteiger partial charge is 0.490 e. The number of anilines is 3. The van der Waals surface area contributed by atoms with Crippen molar-refractivity contribution in [3.63, 3.8) is 0 Å². The normalized spacial score (nSPS) is 11.2. The topological polar surface area (TPSA) is 21.7 Å². The standard InChI is InChI=1S/C41H39NO2/c1-4-28-43-30-27-33-13-21-38(22-14-33)42(37-19-11-32(3)12-20-37)39-23-15-34(16-24-39)31-41(35-9-7-6-8-10-35)36-17-25-40(26-18-36)44-29-5-2/h4-26,31H,1-2,27-30H2,3H3/b41-31+. The minimum absolute atomic E-state index is 0.488. The number of hydrogen-bond donors (Lipinski definition) is 0. The van der Waals surface area contributed by atoms with Crippen LogP contribution in [0.5, 0.6) is 5.75 Å². The van der Waals surface area contributed by atoms with Crippen molar-refractivity contribution in [3.05, 3.63) is 181 Å². The molecule has 0 heterocycles. The highest BCUT2D eigenvalue weighted by atomic mass is 16.5. The van der Waals surface area contributed by atoms with E-state index in [9.17, 15) is 0 Å². The smallest absolute Gasteiger partial charge is 0.119 e. The van der Waals surface area contributed by atoms with Crippen LogP contribution in [-0.4, -0.2) is 19.8 Å². The molecule has 0 radical (unpaired) electrons. The van der Waals surface area contributed by atoms with Crippen molar-refractivity contribution in [2.24, 2.45) is 0 Å². The van der Waals surface area contributed by atoms with E-state index < -0.39 is 0 Å². The van der Waals surface area contributed by atoms with E-state index in [0.717, 1.165) is 51.5 Å². The summed E-state index contributed by atoms with van der Waals surface area (Å²) in [5, 5.41) is 0. The summed E-state index contributed by atoms with van der Waals surface area (Å²) in [6.45, 7) is 11.3. The minimum atomic E-state index is 0.488. The number of rotatable bonds is 14. The number of benzene rings is 5. The summed E-state index contributed by atoms with van der Waals surface area (Å²) < 4.78 is 11.3. The molecule has 0 saturated carbocycles. The first kappa shape index (κ1) is 30.3. The fourth-order valence-electron chi connectivity index (χ4n) is 5.03. The molecule has 5 aromatic rings. The van der Waals surface area contributed by atoms with Crippen molar-refractivity contribution in [3.8, 4) is 5.75 Å². The molecule has 0 aliphatic heterocycles. The predicted octanol–water partition coefficient (Wildman–Crippen LogP) is 10.4. The molecule has 0 aliphatic carbocycles. The molecule has 3 nitrogen and oxygen atoms in total. The molecule has 5 aromatic carbocycles. The third-order valence-electron chi connectivity index (χ3n) is 7.34. The van der Waals surface area contributed by atoms with Gasteiger partial charge >= 0.3 is 0 Å². The summed E-state index contributed by atoms with van der Waals surface area (Å²) >= 11 is 0. The molecule has 5 rings (SSSR count). The zero-order valence-corrected chi connectivity index (χ0v) is 25.4. The van der Waals surface area contributed by atoms with Crippen LogP contribution in [0.4, 0.5) is 17.1 Å². The summed E-state index contributed by atoms with van der Waals surface area (Å²) in [7, 11) is 0. The molecule has 0 saturated heterocycles. The summed E-state index contributed by atoms with van der Waals surface area (Å²) in [6, 6.07) is 44.9. The van der Waals surface area contributed by atoms with E-state index in [2.05, 4.69) is 140 Å². The quantitative estimate of drug-likeness (QED) is 0.0744. The van der Waals surface area contributed by atoms with E-state index in [1.807, 2.05) is 18.2 Å². The van der Waals surface area contributed by atoms with Gasteiger partial charge in [-0.05, 0) is 95.8 Å². The Morgan fingerprint density at radius 3 is 1.82 bits per heavy atom. The van der Waals surface area contributed by atoms with Crippen molar-refractivity contribution in [2.45, 2.75) is 13.3 Å². The number of hydrogen-bond acceptors (Lipinski definition) is 3. The average Bonchev–Trinajstić information content (AvgIpc) is 3.07. The van der Waals surface area contributed by atoms with E-state index in [-0.39, 0.29) is 0 Å². The number of aryl methyl sites for hydroxylation is 1. The van der Waals surface area contributed by atoms with Crippen LogP contribution in [0, 0.1) is 6.92 Å². The van der Waals surface area contributed by atoms with Crippen LogP contribution in [0.2, 0.25) is 0 Å². The highest BCUT2D eigenvalue weighted by molar-refractivity contribution is 5.92. The van der Waals surface area contributed by atoms with Gasteiger partial charge in [0.2, 0.25) is 0 Å². The second kappa shape index (κ2) is 15.4. The summed E-state index contributed by atoms with van der Waals surface area (Å²) in [5.74, 6) is 0.829. The van der Waals surface area contributed by atoms with Crippen molar-refractivity contribution >= 4 is 28.7 Å². The van der Waals surface area contributed by atoms with Crippen molar-refractivity contribution in [1.29, 1.82) is 0 Å². The third-order valence-corrected chi connectivity index (χ3v) is 7.34. The van der Waals surface area contributed by atoms with Gasteiger partial charge in [-0.3, -0.25) is 0 Å². The monoisotopic (exact) mass is 577 g/mol. The van der Waals surface area contributed by atoms with Gasteiger partial charge in [-0.2, -0.15) is 0 Å². The zero-order valence-electron chi connectivity index (χ0n) is 25.4. The maximum atomic E-state index is 5.71. The second-order valence-corrected chi connectivity index (χ2v) is 10.6. The first-order chi connectivity index (χ1) is 21.6. The van der Waals surface area contributed by atoms with Gasteiger partial charge in [0.25, 0.3) is 0 Å². The van der Waals surface area contributed by atoms with Crippen LogP contribution < -0.4 is 9.64 Å². The fraction of sp³-hybridized carbons (Fsp3) is 0.122. The summed E-state index contributed by atoms with van der Waals surface area (Å²) in [4.78, 5) is 2.30. The Morgan fingerprint density at radius 2 is 1.20 bits per heavy atom. The van der Waals surface area contributed by atoms with Gasteiger partial charge < -0.3 is 14.4 Å². The maximum absolute atomic E-state index is 5.71. The number of ether oxygens (including phenoxy) is 2. The lowest BCUT2D eigenvalue weighted by molar-refractivity contribution is 0.166. The van der Waals surface area contributed by atoms with Crippen LogP contribution in [0.3, 0.4) is 0 Å². The lowest BCUT2D eigenvalue weighted by Crippen LogP contribution is -2.10. The fourth-order valence-corrected chi connectivity index (χ4v) is 5.03. The van der Waals surface area contributed by atoms with E-state index in [1.54, 1.807) is 12.2 Å². The molecule has 0 unspecified atom stereocenters. The van der Waals surface area contributed by atoms with Gasteiger partial charge in [-0.15, -0.1) is 6.58 Å². The molecule has 0 spiro atoms. The molecule has 0 atom stereocenters. The highest BCUT2D eigenvalue weighted by Gasteiger charge is 2.13. The second-order valence-electron chi connectivity index (χ2n) is 10.6. The Bertz CT molecular complexity index is 1650. The number of nitrogens with zero attached hydrogens (tertiary/aromatic N) is 1. The molecule has 0 fully saturated rings. The van der Waals surface area contributed by atoms with Crippen LogP contribution in [-0.2, 0) is 11.2 Å². The Hall–Kier alpha value is -5.12. The molecule has 0 aliphatic rings. The first-order valence-electron chi connectivity index (χ1n) is 15.0. The molecular weight excluding hydrogens is 538 g/mol. The van der Waals surface area contributed by atoms with Gasteiger partial charge in [0.15, 0.2) is 0 Å². The molecule has 44 heavy (non-hydrogen) atoms. The lowest BCUT2D eigenvalue weighted by atomic mass is 9.95. The Kier molecular flexibility index (Phi) is 10.6. The zero-order chi connectivity index (χ0) is 30.6. The van der Waals surface area contributed by atoms with Gasteiger partial charge in [0, 0.05) is 17.1 Å². The van der Waals surface area contributed by atoms with Crippen LogP contribution >= 0.6 is 0 Å². The Morgan fingerprint density at radius 1 is 0.636 bits per heavy atom. The van der Waals surface area contributed by atoms with E-state index in [4.69, 9.17) is 9.47 Å². The SMILES string of the molecule is C=CCOCCc1ccc(N(c2ccc(C)cc2)c2ccc(/C=C(\c3ccccc3)c3ccc(OCC=C)cc3)cc2)cc1. The minimum Gasteiger partial charge on any atom is -0.490 e. The van der Waals surface area contributed by atoms with Crippen molar-refractivity contribution in [2.75, 3.05) is 24.7 Å². The molecule has 0 amide bonds. The van der Waals surface area contributed by atoms with Crippen LogP contribution in [0.1, 0.15) is 27.8 Å². The van der Waals surface area contributed by atoms with Crippen LogP contribution in [0.15, 0.2) is 153 Å². The summed E-state index contributed by atoms with van der Waals surface area (Å²) in [5.41, 5.74) is 10.4. The predicted molar refractivity (Wildman–Crippen MR) is 186 cm³/mol. The lowest BCUT2D eigenvalue weighted by Gasteiger charge is -2.26. The average molecular weight is 578 g/mol. The van der Waals surface area contributed by atoms with Crippen molar-refractivity contribution in [1.82, 2.24) is 0 Å². The highest BCUT2D eigenvalue weighted by Crippen LogP contribution is 2.35. The molecule has 3 heteroatoms. The molecule has 0 bridgehead atoms. The van der Waals surface area contributed by atoms with Gasteiger partial charge in [0.1, 0.15) is 12.4 Å². The van der Waals surface area contributed by atoms with E-state index >= 15 is 0 Å². The molecule has 220 valence electrons. The van der Waals surface area contributed by atoms with Gasteiger partial charge in [-0.1, -0.05) is 103 Å². The van der Waals surface area contributed by atoms with E-state index in [0.29, 0.717) is 19.8 Å². The van der Waals surface area contributed by atoms with Gasteiger partial charge in [0.05, 0.1) is 13.2 Å². The maximum Gasteiger partial charge on any atom is 0.119 e. The van der Waals surface area contributed by atoms with Crippen LogP contribution in [0.25, 0.3) is 11.6 Å². The van der Waals surface area contributed by atoms with E-state index in [1.165, 1.54) is 11.1 Å². The van der Waals surface area contributed by atoms with Gasteiger partial charge in [-0.25, -0.2) is 0 Å². The summed E-state index contributed by atoms with van der Waals surface area (Å²) in [6.07, 6.45) is 6.65. The third kappa shape index (κ3) is 8.03. The molecule has 0 aromatic heterocycles. The van der Waals surface area contributed by atoms with Crippen molar-refractivity contribution < 1.29 is 9.47 Å².